The van der Waals surface area contributed by atoms with Crippen LogP contribution in [0.2, 0.25) is 0 Å². The van der Waals surface area contributed by atoms with Gasteiger partial charge in [-0.05, 0) is 30.4 Å². The molecular weight excluding hydrogens is 106 g/mol. The molecule has 1 heterocycles. The molecule has 2 heteroatoms. The standard InChI is InChI=1S/C5H11NS/c6-3-5-1-2-7-4-5/h5H,1-4,6H2/t5-/m1/s1. The summed E-state index contributed by atoms with van der Waals surface area (Å²) in [6.07, 6.45) is 1.35. The molecule has 1 fully saturated rings. The van der Waals surface area contributed by atoms with Crippen LogP contribution in [-0.4, -0.2) is 18.1 Å². The molecule has 1 aliphatic rings. The highest BCUT2D eigenvalue weighted by Crippen LogP contribution is 2.21. The van der Waals surface area contributed by atoms with Crippen LogP contribution in [0.15, 0.2) is 0 Å². The molecule has 1 saturated heterocycles. The lowest BCUT2D eigenvalue weighted by Gasteiger charge is -1.98. The van der Waals surface area contributed by atoms with Crippen LogP contribution in [-0.2, 0) is 0 Å². The minimum absolute atomic E-state index is 0.838. The average molecular weight is 117 g/mol. The van der Waals surface area contributed by atoms with Gasteiger partial charge in [-0.15, -0.1) is 0 Å². The fraction of sp³-hybridized carbons (Fsp3) is 1.00. The van der Waals surface area contributed by atoms with Gasteiger partial charge in [0.15, 0.2) is 0 Å². The highest BCUT2D eigenvalue weighted by atomic mass is 32.2. The van der Waals surface area contributed by atoms with Gasteiger partial charge >= 0.3 is 0 Å². The van der Waals surface area contributed by atoms with Crippen LogP contribution < -0.4 is 5.73 Å². The van der Waals surface area contributed by atoms with E-state index in [0.29, 0.717) is 0 Å². The molecule has 1 nitrogen and oxygen atoms in total. The summed E-state index contributed by atoms with van der Waals surface area (Å²) in [5, 5.41) is 0. The summed E-state index contributed by atoms with van der Waals surface area (Å²) in [5.41, 5.74) is 5.42. The maximum Gasteiger partial charge on any atom is -0.00268 e. The predicted molar refractivity (Wildman–Crippen MR) is 34.5 cm³/mol. The molecular formula is C5H11NS. The Bertz CT molecular complexity index is 50.0. The summed E-state index contributed by atoms with van der Waals surface area (Å²) in [6, 6.07) is 0. The second kappa shape index (κ2) is 2.58. The number of hydrogen-bond acceptors (Lipinski definition) is 2. The van der Waals surface area contributed by atoms with Crippen molar-refractivity contribution in [1.82, 2.24) is 0 Å². The van der Waals surface area contributed by atoms with Crippen LogP contribution in [0, 0.1) is 5.92 Å². The topological polar surface area (TPSA) is 26.0 Å². The van der Waals surface area contributed by atoms with Crippen molar-refractivity contribution < 1.29 is 0 Å². The third-order valence-electron chi connectivity index (χ3n) is 1.36. The Balaban J connectivity index is 2.14. The fourth-order valence-corrected chi connectivity index (χ4v) is 2.07. The third-order valence-corrected chi connectivity index (χ3v) is 2.59. The molecule has 0 unspecified atom stereocenters. The molecule has 0 aromatic carbocycles. The Hall–Kier alpha value is 0.310. The Labute approximate surface area is 48.7 Å². The summed E-state index contributed by atoms with van der Waals surface area (Å²) in [7, 11) is 0. The van der Waals surface area contributed by atoms with Gasteiger partial charge in [0, 0.05) is 0 Å². The van der Waals surface area contributed by atoms with E-state index in [1.807, 2.05) is 11.8 Å². The van der Waals surface area contributed by atoms with Gasteiger partial charge in [-0.2, -0.15) is 11.8 Å². The molecule has 0 aromatic rings. The van der Waals surface area contributed by atoms with Crippen molar-refractivity contribution in [3.8, 4) is 0 Å². The van der Waals surface area contributed by atoms with Crippen LogP contribution in [0.5, 0.6) is 0 Å². The maximum absolute atomic E-state index is 5.42. The zero-order valence-corrected chi connectivity index (χ0v) is 5.21. The van der Waals surface area contributed by atoms with Crippen molar-refractivity contribution in [2.45, 2.75) is 6.42 Å². The van der Waals surface area contributed by atoms with E-state index in [0.717, 1.165) is 12.5 Å². The first-order chi connectivity index (χ1) is 3.43. The van der Waals surface area contributed by atoms with Gasteiger partial charge in [0.25, 0.3) is 0 Å². The largest absolute Gasteiger partial charge is 0.330 e. The van der Waals surface area contributed by atoms with Gasteiger partial charge in [-0.25, -0.2) is 0 Å². The summed E-state index contributed by atoms with van der Waals surface area (Å²) in [5.74, 6) is 3.48. The lowest BCUT2D eigenvalue weighted by atomic mass is 10.1. The highest BCUT2D eigenvalue weighted by Gasteiger charge is 2.11. The van der Waals surface area contributed by atoms with Crippen molar-refractivity contribution in [3.63, 3.8) is 0 Å². The lowest BCUT2D eigenvalue weighted by molar-refractivity contribution is 0.612. The Morgan fingerprint density at radius 2 is 2.57 bits per heavy atom. The van der Waals surface area contributed by atoms with E-state index in [1.165, 1.54) is 17.9 Å². The molecule has 2 N–H and O–H groups in total. The second-order valence-electron chi connectivity index (χ2n) is 1.97. The van der Waals surface area contributed by atoms with Crippen molar-refractivity contribution in [3.05, 3.63) is 0 Å². The molecule has 0 bridgehead atoms. The normalized spacial score (nSPS) is 31.3. The first kappa shape index (κ1) is 5.45. The van der Waals surface area contributed by atoms with Crippen LogP contribution in [0.3, 0.4) is 0 Å². The van der Waals surface area contributed by atoms with Crippen molar-refractivity contribution in [1.29, 1.82) is 0 Å². The van der Waals surface area contributed by atoms with Crippen LogP contribution in [0.25, 0.3) is 0 Å². The second-order valence-corrected chi connectivity index (χ2v) is 3.12. The monoisotopic (exact) mass is 117 g/mol. The Kier molecular flexibility index (Phi) is 2.00. The molecule has 0 aromatic heterocycles. The molecule has 0 radical (unpaired) electrons. The molecule has 1 aliphatic heterocycles. The molecule has 1 rings (SSSR count). The molecule has 0 aliphatic carbocycles. The van der Waals surface area contributed by atoms with E-state index in [4.69, 9.17) is 5.73 Å². The highest BCUT2D eigenvalue weighted by molar-refractivity contribution is 7.99. The van der Waals surface area contributed by atoms with Gasteiger partial charge in [0.2, 0.25) is 0 Å². The summed E-state index contributed by atoms with van der Waals surface area (Å²) >= 11 is 2.03. The summed E-state index contributed by atoms with van der Waals surface area (Å²) in [6.45, 7) is 0.896. The molecule has 0 saturated carbocycles. The summed E-state index contributed by atoms with van der Waals surface area (Å²) < 4.78 is 0. The van der Waals surface area contributed by atoms with E-state index in [9.17, 15) is 0 Å². The Morgan fingerprint density at radius 1 is 1.71 bits per heavy atom. The smallest absolute Gasteiger partial charge is 0.00268 e. The first-order valence-electron chi connectivity index (χ1n) is 2.71. The maximum atomic E-state index is 5.42. The SMILES string of the molecule is NC[C@H]1CCSC1. The van der Waals surface area contributed by atoms with E-state index < -0.39 is 0 Å². The molecule has 7 heavy (non-hydrogen) atoms. The van der Waals surface area contributed by atoms with Crippen molar-refractivity contribution in [2.75, 3.05) is 18.1 Å². The minimum Gasteiger partial charge on any atom is -0.330 e. The predicted octanol–water partition coefficient (Wildman–Crippen LogP) is 0.698. The van der Waals surface area contributed by atoms with E-state index in [-0.39, 0.29) is 0 Å². The van der Waals surface area contributed by atoms with Crippen LogP contribution in [0.1, 0.15) is 6.42 Å². The van der Waals surface area contributed by atoms with Gasteiger partial charge in [0.1, 0.15) is 0 Å². The molecule has 42 valence electrons. The zero-order chi connectivity index (χ0) is 5.11. The minimum atomic E-state index is 0.838. The van der Waals surface area contributed by atoms with Crippen LogP contribution in [0.4, 0.5) is 0 Å². The molecule has 0 amide bonds. The van der Waals surface area contributed by atoms with E-state index >= 15 is 0 Å². The fourth-order valence-electron chi connectivity index (χ4n) is 0.769. The zero-order valence-electron chi connectivity index (χ0n) is 4.39. The lowest BCUT2D eigenvalue weighted by Crippen LogP contribution is -2.12. The average Bonchev–Trinajstić information content (AvgIpc) is 2.14. The van der Waals surface area contributed by atoms with Crippen molar-refractivity contribution in [2.24, 2.45) is 11.7 Å². The van der Waals surface area contributed by atoms with Gasteiger partial charge < -0.3 is 5.73 Å². The number of thioether (sulfide) groups is 1. The van der Waals surface area contributed by atoms with Crippen LogP contribution >= 0.6 is 11.8 Å². The number of rotatable bonds is 1. The van der Waals surface area contributed by atoms with E-state index in [2.05, 4.69) is 0 Å². The van der Waals surface area contributed by atoms with Gasteiger partial charge in [0.05, 0.1) is 0 Å². The molecule has 0 spiro atoms. The van der Waals surface area contributed by atoms with Gasteiger partial charge in [-0.3, -0.25) is 0 Å². The van der Waals surface area contributed by atoms with Crippen molar-refractivity contribution >= 4 is 11.8 Å². The first-order valence-corrected chi connectivity index (χ1v) is 3.87. The molecule has 1 atom stereocenters. The third kappa shape index (κ3) is 1.35. The van der Waals surface area contributed by atoms with E-state index in [1.54, 1.807) is 0 Å². The number of nitrogens with two attached hydrogens (primary N) is 1. The Morgan fingerprint density at radius 3 is 2.86 bits per heavy atom. The van der Waals surface area contributed by atoms with Gasteiger partial charge in [-0.1, -0.05) is 0 Å². The quantitative estimate of drug-likeness (QED) is 0.547. The summed E-state index contributed by atoms with van der Waals surface area (Å²) in [4.78, 5) is 0. The number of hydrogen-bond donors (Lipinski definition) is 1.